The lowest BCUT2D eigenvalue weighted by molar-refractivity contribution is 0.285. The highest BCUT2D eigenvalue weighted by atomic mass is 32.1. The summed E-state index contributed by atoms with van der Waals surface area (Å²) in [6.07, 6.45) is 5.60. The summed E-state index contributed by atoms with van der Waals surface area (Å²) in [6.45, 7) is 1.21. The third-order valence-electron chi connectivity index (χ3n) is 4.48. The molecule has 3 unspecified atom stereocenters. The summed E-state index contributed by atoms with van der Waals surface area (Å²) in [7, 11) is 0. The van der Waals surface area contributed by atoms with Crippen molar-refractivity contribution in [3.8, 4) is 0 Å². The standard InChI is InChI=1S/C12H15NS/c1-4-12(10-7-8(1)10)9-3-6-14-11(9)2-5-13-12/h3,6,8,10,13H,1-2,4-5,7H2. The molecule has 0 bridgehead atoms. The van der Waals surface area contributed by atoms with Crippen LogP contribution in [0.1, 0.15) is 29.7 Å². The summed E-state index contributed by atoms with van der Waals surface area (Å²) < 4.78 is 0. The maximum absolute atomic E-state index is 3.83. The molecule has 1 aromatic rings. The van der Waals surface area contributed by atoms with Gasteiger partial charge in [0.15, 0.2) is 0 Å². The Morgan fingerprint density at radius 3 is 3.29 bits per heavy atom. The van der Waals surface area contributed by atoms with Gasteiger partial charge in [-0.3, -0.25) is 0 Å². The maximum atomic E-state index is 3.83. The fourth-order valence-corrected chi connectivity index (χ4v) is 4.71. The van der Waals surface area contributed by atoms with Crippen LogP contribution in [0, 0.1) is 11.8 Å². The molecule has 1 nitrogen and oxygen atoms in total. The van der Waals surface area contributed by atoms with Gasteiger partial charge < -0.3 is 5.32 Å². The van der Waals surface area contributed by atoms with E-state index in [0.29, 0.717) is 5.54 Å². The average molecular weight is 205 g/mol. The molecule has 14 heavy (non-hydrogen) atoms. The Morgan fingerprint density at radius 1 is 1.50 bits per heavy atom. The van der Waals surface area contributed by atoms with E-state index in [1.807, 2.05) is 11.3 Å². The average Bonchev–Trinajstić information content (AvgIpc) is 2.69. The summed E-state index contributed by atoms with van der Waals surface area (Å²) in [4.78, 5) is 1.66. The summed E-state index contributed by atoms with van der Waals surface area (Å²) in [6, 6.07) is 2.38. The van der Waals surface area contributed by atoms with Crippen LogP contribution >= 0.6 is 11.3 Å². The number of fused-ring (bicyclic) bond motifs is 4. The number of hydrogen-bond donors (Lipinski definition) is 1. The summed E-state index contributed by atoms with van der Waals surface area (Å²) in [5, 5.41) is 6.12. The highest BCUT2D eigenvalue weighted by Crippen LogP contribution is 2.62. The van der Waals surface area contributed by atoms with Gasteiger partial charge in [-0.05, 0) is 54.5 Å². The van der Waals surface area contributed by atoms with Crippen molar-refractivity contribution < 1.29 is 0 Å². The Bertz CT molecular complexity index is 383. The minimum Gasteiger partial charge on any atom is -0.307 e. The van der Waals surface area contributed by atoms with E-state index in [4.69, 9.17) is 0 Å². The molecule has 0 aromatic carbocycles. The van der Waals surface area contributed by atoms with Gasteiger partial charge in [-0.2, -0.15) is 0 Å². The Balaban J connectivity index is 1.88. The van der Waals surface area contributed by atoms with E-state index in [-0.39, 0.29) is 0 Å². The molecule has 2 heteroatoms. The van der Waals surface area contributed by atoms with Gasteiger partial charge in [-0.15, -0.1) is 11.3 Å². The van der Waals surface area contributed by atoms with Crippen molar-refractivity contribution in [1.29, 1.82) is 0 Å². The van der Waals surface area contributed by atoms with Crippen LogP contribution in [0.15, 0.2) is 11.4 Å². The smallest absolute Gasteiger partial charge is 0.0477 e. The van der Waals surface area contributed by atoms with Crippen molar-refractivity contribution >= 4 is 11.3 Å². The number of thiophene rings is 1. The Kier molecular flexibility index (Phi) is 1.36. The second kappa shape index (κ2) is 2.42. The molecule has 0 radical (unpaired) electrons. The van der Waals surface area contributed by atoms with Gasteiger partial charge in [0.1, 0.15) is 0 Å². The van der Waals surface area contributed by atoms with E-state index in [1.165, 1.54) is 32.2 Å². The minimum atomic E-state index is 0.429. The fraction of sp³-hybridized carbons (Fsp3) is 0.667. The zero-order chi connectivity index (χ0) is 9.17. The van der Waals surface area contributed by atoms with Crippen LogP contribution in [-0.4, -0.2) is 6.54 Å². The molecule has 2 saturated carbocycles. The normalized spacial score (nSPS) is 43.7. The Morgan fingerprint density at radius 2 is 2.50 bits per heavy atom. The van der Waals surface area contributed by atoms with Crippen LogP contribution in [0.5, 0.6) is 0 Å². The first-order valence-electron chi connectivity index (χ1n) is 5.72. The van der Waals surface area contributed by atoms with Crippen molar-refractivity contribution in [2.45, 2.75) is 31.2 Å². The first kappa shape index (κ1) is 7.89. The van der Waals surface area contributed by atoms with Crippen LogP contribution < -0.4 is 5.32 Å². The third kappa shape index (κ3) is 0.801. The molecule has 1 N–H and O–H groups in total. The van der Waals surface area contributed by atoms with Crippen molar-refractivity contribution in [2.24, 2.45) is 11.8 Å². The van der Waals surface area contributed by atoms with E-state index < -0.39 is 0 Å². The van der Waals surface area contributed by atoms with Crippen molar-refractivity contribution in [3.05, 3.63) is 21.9 Å². The summed E-state index contributed by atoms with van der Waals surface area (Å²) in [5.74, 6) is 2.05. The molecule has 1 spiro atoms. The van der Waals surface area contributed by atoms with Crippen molar-refractivity contribution in [1.82, 2.24) is 5.32 Å². The van der Waals surface area contributed by atoms with Gasteiger partial charge in [0.2, 0.25) is 0 Å². The van der Waals surface area contributed by atoms with Crippen LogP contribution in [0.4, 0.5) is 0 Å². The predicted molar refractivity (Wildman–Crippen MR) is 58.5 cm³/mol. The summed E-state index contributed by atoms with van der Waals surface area (Å²) in [5.41, 5.74) is 2.09. The molecule has 0 saturated heterocycles. The highest BCUT2D eigenvalue weighted by molar-refractivity contribution is 7.10. The lowest BCUT2D eigenvalue weighted by atomic mass is 9.82. The topological polar surface area (TPSA) is 12.0 Å². The van der Waals surface area contributed by atoms with Crippen LogP contribution in [0.3, 0.4) is 0 Å². The van der Waals surface area contributed by atoms with Gasteiger partial charge in [0, 0.05) is 17.0 Å². The molecule has 0 amide bonds. The molecule has 3 aliphatic rings. The van der Waals surface area contributed by atoms with Gasteiger partial charge in [-0.1, -0.05) is 0 Å². The van der Waals surface area contributed by atoms with Crippen LogP contribution in [0.2, 0.25) is 0 Å². The summed E-state index contributed by atoms with van der Waals surface area (Å²) >= 11 is 1.97. The largest absolute Gasteiger partial charge is 0.307 e. The molecule has 2 fully saturated rings. The SMILES string of the molecule is c1cc2c(s1)CCNC21CCC2CC21. The number of nitrogens with one attached hydrogen (secondary N) is 1. The van der Waals surface area contributed by atoms with E-state index in [2.05, 4.69) is 16.8 Å². The van der Waals surface area contributed by atoms with E-state index in [9.17, 15) is 0 Å². The monoisotopic (exact) mass is 205 g/mol. The molecular weight excluding hydrogens is 190 g/mol. The quantitative estimate of drug-likeness (QED) is 0.686. The molecule has 1 aliphatic heterocycles. The van der Waals surface area contributed by atoms with Crippen LogP contribution in [0.25, 0.3) is 0 Å². The Hall–Kier alpha value is -0.340. The predicted octanol–water partition coefficient (Wildman–Crippen LogP) is 2.52. The van der Waals surface area contributed by atoms with Gasteiger partial charge >= 0.3 is 0 Å². The van der Waals surface area contributed by atoms with Gasteiger partial charge in [0.25, 0.3) is 0 Å². The number of rotatable bonds is 0. The molecule has 74 valence electrons. The van der Waals surface area contributed by atoms with Gasteiger partial charge in [0.05, 0.1) is 0 Å². The fourth-order valence-electron chi connectivity index (χ4n) is 3.75. The zero-order valence-corrected chi connectivity index (χ0v) is 9.07. The Labute approximate surface area is 88.5 Å². The second-order valence-electron chi connectivity index (χ2n) is 5.05. The third-order valence-corrected chi connectivity index (χ3v) is 5.46. The molecule has 4 rings (SSSR count). The molecule has 1 aromatic heterocycles. The lowest BCUT2D eigenvalue weighted by Gasteiger charge is -2.37. The molecule has 2 aliphatic carbocycles. The van der Waals surface area contributed by atoms with E-state index in [1.54, 1.807) is 10.4 Å². The second-order valence-corrected chi connectivity index (χ2v) is 6.05. The minimum absolute atomic E-state index is 0.429. The molecule has 2 heterocycles. The van der Waals surface area contributed by atoms with E-state index >= 15 is 0 Å². The highest BCUT2D eigenvalue weighted by Gasteiger charge is 2.59. The van der Waals surface area contributed by atoms with E-state index in [0.717, 1.165) is 11.8 Å². The number of hydrogen-bond acceptors (Lipinski definition) is 2. The molecular formula is C12H15NS. The zero-order valence-electron chi connectivity index (χ0n) is 8.25. The van der Waals surface area contributed by atoms with Crippen LogP contribution in [-0.2, 0) is 12.0 Å². The lowest BCUT2D eigenvalue weighted by Crippen LogP contribution is -2.47. The maximum Gasteiger partial charge on any atom is 0.0477 e. The first-order chi connectivity index (χ1) is 6.90. The van der Waals surface area contributed by atoms with Crippen molar-refractivity contribution in [2.75, 3.05) is 6.54 Å². The van der Waals surface area contributed by atoms with Crippen molar-refractivity contribution in [3.63, 3.8) is 0 Å². The molecule has 3 atom stereocenters. The van der Waals surface area contributed by atoms with Gasteiger partial charge in [-0.25, -0.2) is 0 Å². The first-order valence-corrected chi connectivity index (χ1v) is 6.60.